The molecular formula is C19H20N2O2. The minimum atomic E-state index is -0.205. The second kappa shape index (κ2) is 7.09. The highest BCUT2D eigenvalue weighted by Crippen LogP contribution is 2.21. The Morgan fingerprint density at radius 2 is 1.91 bits per heavy atom. The number of rotatable bonds is 4. The van der Waals surface area contributed by atoms with E-state index in [-0.39, 0.29) is 5.91 Å². The molecule has 4 heteroatoms. The minimum absolute atomic E-state index is 0.205. The number of ether oxygens (including phenoxy) is 1. The Bertz CT molecular complexity index is 720. The summed E-state index contributed by atoms with van der Waals surface area (Å²) in [5, 5.41) is 4.35. The number of hydrazone groups is 1. The number of fused-ring (bicyclic) bond motifs is 1. The summed E-state index contributed by atoms with van der Waals surface area (Å²) >= 11 is 0. The van der Waals surface area contributed by atoms with E-state index in [1.54, 1.807) is 24.3 Å². The molecule has 0 heterocycles. The Balaban J connectivity index is 1.71. The van der Waals surface area contributed by atoms with E-state index >= 15 is 0 Å². The molecule has 3 rings (SSSR count). The number of nitrogens with one attached hydrogen (secondary N) is 1. The molecule has 1 aliphatic rings. The van der Waals surface area contributed by atoms with Crippen LogP contribution in [0.4, 0.5) is 0 Å². The van der Waals surface area contributed by atoms with Crippen molar-refractivity contribution in [1.82, 2.24) is 5.43 Å². The maximum atomic E-state index is 12.2. The van der Waals surface area contributed by atoms with Crippen LogP contribution in [0.2, 0.25) is 0 Å². The minimum Gasteiger partial charge on any atom is -0.494 e. The van der Waals surface area contributed by atoms with Crippen molar-refractivity contribution in [3.05, 3.63) is 65.2 Å². The Hall–Kier alpha value is -2.62. The average Bonchev–Trinajstić information content (AvgIpc) is 2.60. The maximum Gasteiger partial charge on any atom is 0.271 e. The molecule has 0 atom stereocenters. The first kappa shape index (κ1) is 15.3. The molecule has 1 aliphatic carbocycles. The molecule has 0 saturated heterocycles. The van der Waals surface area contributed by atoms with Gasteiger partial charge in [0.1, 0.15) is 5.75 Å². The molecule has 1 amide bonds. The standard InChI is InChI=1S/C19H20N2O2/c1-2-23-16-12-10-15(11-13-16)19(22)21-20-18-9-5-7-14-6-3-4-8-17(14)18/h3-4,6,8,10-13H,2,5,7,9H2,1H3,(H,21,22). The van der Waals surface area contributed by atoms with Crippen molar-refractivity contribution in [2.75, 3.05) is 6.61 Å². The van der Waals surface area contributed by atoms with Crippen molar-refractivity contribution < 1.29 is 9.53 Å². The first-order valence-corrected chi connectivity index (χ1v) is 7.96. The van der Waals surface area contributed by atoms with E-state index in [9.17, 15) is 4.79 Å². The molecule has 118 valence electrons. The topological polar surface area (TPSA) is 50.7 Å². The summed E-state index contributed by atoms with van der Waals surface area (Å²) in [6, 6.07) is 15.3. The van der Waals surface area contributed by atoms with Gasteiger partial charge in [-0.05, 0) is 56.0 Å². The molecule has 0 aromatic heterocycles. The Morgan fingerprint density at radius 3 is 2.70 bits per heavy atom. The van der Waals surface area contributed by atoms with Gasteiger partial charge in [-0.1, -0.05) is 24.3 Å². The zero-order valence-corrected chi connectivity index (χ0v) is 13.2. The lowest BCUT2D eigenvalue weighted by Gasteiger charge is -2.17. The van der Waals surface area contributed by atoms with E-state index in [0.29, 0.717) is 12.2 Å². The van der Waals surface area contributed by atoms with Crippen LogP contribution < -0.4 is 10.2 Å². The normalized spacial score (nSPS) is 15.1. The van der Waals surface area contributed by atoms with Gasteiger partial charge in [0.05, 0.1) is 12.3 Å². The third kappa shape index (κ3) is 3.59. The molecular weight excluding hydrogens is 288 g/mol. The first-order valence-electron chi connectivity index (χ1n) is 7.96. The molecule has 0 spiro atoms. The number of amides is 1. The molecule has 0 fully saturated rings. The van der Waals surface area contributed by atoms with Crippen LogP contribution >= 0.6 is 0 Å². The van der Waals surface area contributed by atoms with Crippen molar-refractivity contribution >= 4 is 11.6 Å². The van der Waals surface area contributed by atoms with Gasteiger partial charge < -0.3 is 4.74 Å². The van der Waals surface area contributed by atoms with Crippen LogP contribution in [0.1, 0.15) is 41.3 Å². The third-order valence-electron chi connectivity index (χ3n) is 3.91. The number of benzene rings is 2. The van der Waals surface area contributed by atoms with Crippen molar-refractivity contribution in [2.24, 2.45) is 5.10 Å². The van der Waals surface area contributed by atoms with Gasteiger partial charge in [-0.25, -0.2) is 5.43 Å². The highest BCUT2D eigenvalue weighted by Gasteiger charge is 2.15. The number of hydrogen-bond acceptors (Lipinski definition) is 3. The molecule has 0 aliphatic heterocycles. The van der Waals surface area contributed by atoms with Gasteiger partial charge >= 0.3 is 0 Å². The lowest BCUT2D eigenvalue weighted by Crippen LogP contribution is -2.22. The van der Waals surface area contributed by atoms with E-state index in [2.05, 4.69) is 22.7 Å². The summed E-state index contributed by atoms with van der Waals surface area (Å²) in [6.45, 7) is 2.54. The third-order valence-corrected chi connectivity index (χ3v) is 3.91. The van der Waals surface area contributed by atoms with Crippen molar-refractivity contribution in [1.29, 1.82) is 0 Å². The number of hydrogen-bond donors (Lipinski definition) is 1. The molecule has 0 radical (unpaired) electrons. The van der Waals surface area contributed by atoms with E-state index in [1.807, 2.05) is 19.1 Å². The zero-order valence-electron chi connectivity index (χ0n) is 13.2. The van der Waals surface area contributed by atoms with Crippen LogP contribution in [0.3, 0.4) is 0 Å². The van der Waals surface area contributed by atoms with Gasteiger partial charge in [-0.15, -0.1) is 0 Å². The van der Waals surface area contributed by atoms with Crippen LogP contribution in [0, 0.1) is 0 Å². The zero-order chi connectivity index (χ0) is 16.1. The van der Waals surface area contributed by atoms with Gasteiger partial charge in [0.15, 0.2) is 0 Å². The second-order valence-corrected chi connectivity index (χ2v) is 5.47. The Morgan fingerprint density at radius 1 is 1.13 bits per heavy atom. The van der Waals surface area contributed by atoms with Crippen molar-refractivity contribution in [2.45, 2.75) is 26.2 Å². The van der Waals surface area contributed by atoms with Gasteiger partial charge in [0.2, 0.25) is 0 Å². The predicted molar refractivity (Wildman–Crippen MR) is 91.0 cm³/mol. The fourth-order valence-electron chi connectivity index (χ4n) is 2.77. The SMILES string of the molecule is CCOc1ccc(C(=O)NN=C2CCCc3ccccc32)cc1. The van der Waals surface area contributed by atoms with Gasteiger partial charge in [-0.3, -0.25) is 4.79 Å². The average molecular weight is 308 g/mol. The largest absolute Gasteiger partial charge is 0.494 e. The van der Waals surface area contributed by atoms with E-state index < -0.39 is 0 Å². The highest BCUT2D eigenvalue weighted by molar-refractivity contribution is 6.04. The van der Waals surface area contributed by atoms with Crippen LogP contribution in [-0.4, -0.2) is 18.2 Å². The molecule has 23 heavy (non-hydrogen) atoms. The van der Waals surface area contributed by atoms with Crippen LogP contribution in [0.25, 0.3) is 0 Å². The number of carbonyl (C=O) groups excluding carboxylic acids is 1. The summed E-state index contributed by atoms with van der Waals surface area (Å²) in [7, 11) is 0. The molecule has 0 unspecified atom stereocenters. The summed E-state index contributed by atoms with van der Waals surface area (Å²) in [4.78, 5) is 12.2. The number of carbonyl (C=O) groups is 1. The van der Waals surface area contributed by atoms with Crippen LogP contribution in [0.5, 0.6) is 5.75 Å². The lowest BCUT2D eigenvalue weighted by atomic mass is 9.90. The van der Waals surface area contributed by atoms with E-state index in [1.165, 1.54) is 5.56 Å². The molecule has 2 aromatic rings. The summed E-state index contributed by atoms with van der Waals surface area (Å²) < 4.78 is 5.38. The Labute approximate surface area is 136 Å². The fraction of sp³-hybridized carbons (Fsp3) is 0.263. The summed E-state index contributed by atoms with van der Waals surface area (Å²) in [5.74, 6) is 0.556. The van der Waals surface area contributed by atoms with E-state index in [0.717, 1.165) is 36.3 Å². The predicted octanol–water partition coefficient (Wildman–Crippen LogP) is 3.56. The number of nitrogens with zero attached hydrogens (tertiary/aromatic N) is 1. The molecule has 1 N–H and O–H groups in total. The van der Waals surface area contributed by atoms with Gasteiger partial charge in [0, 0.05) is 11.1 Å². The summed E-state index contributed by atoms with van der Waals surface area (Å²) in [5.41, 5.74) is 6.63. The molecule has 2 aromatic carbocycles. The smallest absolute Gasteiger partial charge is 0.271 e. The maximum absolute atomic E-state index is 12.2. The van der Waals surface area contributed by atoms with Crippen LogP contribution in [-0.2, 0) is 6.42 Å². The van der Waals surface area contributed by atoms with Gasteiger partial charge in [-0.2, -0.15) is 5.10 Å². The quantitative estimate of drug-likeness (QED) is 0.878. The summed E-state index contributed by atoms with van der Waals surface area (Å²) in [6.07, 6.45) is 3.03. The second-order valence-electron chi connectivity index (χ2n) is 5.47. The lowest BCUT2D eigenvalue weighted by molar-refractivity contribution is 0.0954. The van der Waals surface area contributed by atoms with Crippen LogP contribution in [0.15, 0.2) is 53.6 Å². The fourth-order valence-corrected chi connectivity index (χ4v) is 2.77. The number of aryl methyl sites for hydroxylation is 1. The van der Waals surface area contributed by atoms with Crippen molar-refractivity contribution in [3.63, 3.8) is 0 Å². The first-order chi connectivity index (χ1) is 11.3. The van der Waals surface area contributed by atoms with E-state index in [4.69, 9.17) is 4.74 Å². The van der Waals surface area contributed by atoms with Crippen molar-refractivity contribution in [3.8, 4) is 5.75 Å². The van der Waals surface area contributed by atoms with Gasteiger partial charge in [0.25, 0.3) is 5.91 Å². The molecule has 0 bridgehead atoms. The molecule has 0 saturated carbocycles. The Kier molecular flexibility index (Phi) is 4.71. The molecule has 4 nitrogen and oxygen atoms in total. The monoisotopic (exact) mass is 308 g/mol. The highest BCUT2D eigenvalue weighted by atomic mass is 16.5.